The van der Waals surface area contributed by atoms with Crippen LogP contribution >= 0.6 is 0 Å². The fourth-order valence-electron chi connectivity index (χ4n) is 2.56. The van der Waals surface area contributed by atoms with Crippen LogP contribution in [0.4, 0.5) is 11.4 Å². The van der Waals surface area contributed by atoms with Crippen molar-refractivity contribution in [3.05, 3.63) is 18.2 Å². The van der Waals surface area contributed by atoms with Crippen LogP contribution in [0.2, 0.25) is 0 Å². The van der Waals surface area contributed by atoms with E-state index in [0.29, 0.717) is 18.7 Å². The highest BCUT2D eigenvalue weighted by molar-refractivity contribution is 5.68. The molecular weight excluding hydrogens is 274 g/mol. The first-order valence-corrected chi connectivity index (χ1v) is 8.47. The molecular formula is C18H33N3O. The molecule has 3 N–H and O–H groups in total. The van der Waals surface area contributed by atoms with Gasteiger partial charge in [-0.3, -0.25) is 4.90 Å². The van der Waals surface area contributed by atoms with Crippen molar-refractivity contribution in [1.82, 2.24) is 4.90 Å². The zero-order chi connectivity index (χ0) is 16.5. The molecule has 0 aliphatic heterocycles. The van der Waals surface area contributed by atoms with Crippen molar-refractivity contribution in [2.45, 2.75) is 59.5 Å². The van der Waals surface area contributed by atoms with Gasteiger partial charge in [0.2, 0.25) is 0 Å². The molecule has 126 valence electrons. The van der Waals surface area contributed by atoms with Crippen LogP contribution in [-0.2, 0) is 0 Å². The minimum atomic E-state index is 0.529. The van der Waals surface area contributed by atoms with Crippen LogP contribution in [0.1, 0.15) is 47.5 Å². The second-order valence-electron chi connectivity index (χ2n) is 6.30. The lowest BCUT2D eigenvalue weighted by Gasteiger charge is -2.30. The monoisotopic (exact) mass is 307 g/mol. The Labute approximate surface area is 136 Å². The molecule has 4 heteroatoms. The summed E-state index contributed by atoms with van der Waals surface area (Å²) in [6.07, 6.45) is 2.31. The zero-order valence-electron chi connectivity index (χ0n) is 14.9. The summed E-state index contributed by atoms with van der Waals surface area (Å²) < 4.78 is 5.90. The highest BCUT2D eigenvalue weighted by Gasteiger charge is 2.13. The number of benzene rings is 1. The fraction of sp³-hybridized carbons (Fsp3) is 0.667. The smallest absolute Gasteiger partial charge is 0.121 e. The van der Waals surface area contributed by atoms with Gasteiger partial charge < -0.3 is 15.8 Å². The van der Waals surface area contributed by atoms with E-state index < -0.39 is 0 Å². The molecule has 0 aliphatic carbocycles. The van der Waals surface area contributed by atoms with E-state index in [4.69, 9.17) is 10.5 Å². The minimum Gasteiger partial charge on any atom is -0.492 e. The molecule has 1 rings (SSSR count). The van der Waals surface area contributed by atoms with Gasteiger partial charge in [-0.05, 0) is 46.2 Å². The lowest BCUT2D eigenvalue weighted by Crippen LogP contribution is -2.39. The highest BCUT2D eigenvalue weighted by atomic mass is 16.5. The van der Waals surface area contributed by atoms with Crippen molar-refractivity contribution in [2.24, 2.45) is 0 Å². The van der Waals surface area contributed by atoms with E-state index in [1.165, 1.54) is 6.42 Å². The third-order valence-electron chi connectivity index (χ3n) is 3.82. The topological polar surface area (TPSA) is 50.5 Å². The molecule has 0 atom stereocenters. The number of hydrogen-bond acceptors (Lipinski definition) is 4. The molecule has 0 bridgehead atoms. The van der Waals surface area contributed by atoms with Gasteiger partial charge in [0.05, 0.1) is 11.4 Å². The first kappa shape index (κ1) is 18.6. The molecule has 0 unspecified atom stereocenters. The van der Waals surface area contributed by atoms with Gasteiger partial charge >= 0.3 is 0 Å². The van der Waals surface area contributed by atoms with E-state index in [1.54, 1.807) is 0 Å². The van der Waals surface area contributed by atoms with E-state index in [1.807, 2.05) is 18.2 Å². The predicted molar refractivity (Wildman–Crippen MR) is 96.7 cm³/mol. The standard InChI is InChI=1S/C18H33N3O/c1-6-7-10-20-18-13-16(8-9-17(18)19)22-12-11-21(14(2)3)15(4)5/h8-9,13-15,20H,6-7,10-12,19H2,1-5H3. The summed E-state index contributed by atoms with van der Waals surface area (Å²) in [6, 6.07) is 6.91. The molecule has 0 aromatic heterocycles. The van der Waals surface area contributed by atoms with E-state index in [0.717, 1.165) is 36.6 Å². The minimum absolute atomic E-state index is 0.529. The van der Waals surface area contributed by atoms with Crippen LogP contribution in [0.3, 0.4) is 0 Å². The van der Waals surface area contributed by atoms with Gasteiger partial charge in [0.25, 0.3) is 0 Å². The van der Waals surface area contributed by atoms with Gasteiger partial charge in [0.1, 0.15) is 12.4 Å². The number of nitrogens with one attached hydrogen (secondary N) is 1. The van der Waals surface area contributed by atoms with Crippen molar-refractivity contribution in [2.75, 3.05) is 30.7 Å². The maximum atomic E-state index is 6.00. The Morgan fingerprint density at radius 1 is 1.18 bits per heavy atom. The lowest BCUT2D eigenvalue weighted by molar-refractivity contribution is 0.142. The molecule has 4 nitrogen and oxygen atoms in total. The molecule has 0 fully saturated rings. The first-order chi connectivity index (χ1) is 10.5. The summed E-state index contributed by atoms with van der Waals surface area (Å²) in [5.41, 5.74) is 7.74. The van der Waals surface area contributed by atoms with Gasteiger partial charge in [0, 0.05) is 31.2 Å². The number of nitrogens with zero attached hydrogens (tertiary/aromatic N) is 1. The van der Waals surface area contributed by atoms with Crippen LogP contribution in [0, 0.1) is 0 Å². The number of anilines is 2. The first-order valence-electron chi connectivity index (χ1n) is 8.47. The number of hydrogen-bond donors (Lipinski definition) is 2. The molecule has 0 saturated carbocycles. The van der Waals surface area contributed by atoms with E-state index in [9.17, 15) is 0 Å². The molecule has 0 heterocycles. The molecule has 22 heavy (non-hydrogen) atoms. The van der Waals surface area contributed by atoms with Crippen LogP contribution < -0.4 is 15.8 Å². The summed E-state index contributed by atoms with van der Waals surface area (Å²) in [6.45, 7) is 13.6. The Morgan fingerprint density at radius 3 is 2.45 bits per heavy atom. The maximum Gasteiger partial charge on any atom is 0.121 e. The van der Waals surface area contributed by atoms with E-state index in [2.05, 4.69) is 44.8 Å². The van der Waals surface area contributed by atoms with Crippen LogP contribution in [-0.4, -0.2) is 36.7 Å². The Bertz CT molecular complexity index is 424. The van der Waals surface area contributed by atoms with Gasteiger partial charge in [-0.15, -0.1) is 0 Å². The van der Waals surface area contributed by atoms with Gasteiger partial charge in [-0.25, -0.2) is 0 Å². The SMILES string of the molecule is CCCCNc1cc(OCCN(C(C)C)C(C)C)ccc1N. The zero-order valence-corrected chi connectivity index (χ0v) is 14.9. The van der Waals surface area contributed by atoms with Crippen molar-refractivity contribution < 1.29 is 4.74 Å². The summed E-state index contributed by atoms with van der Waals surface area (Å²) >= 11 is 0. The Morgan fingerprint density at radius 2 is 1.86 bits per heavy atom. The molecule has 0 amide bonds. The molecule has 0 radical (unpaired) electrons. The Balaban J connectivity index is 2.53. The van der Waals surface area contributed by atoms with Crippen molar-refractivity contribution in [1.29, 1.82) is 0 Å². The number of unbranched alkanes of at least 4 members (excludes halogenated alkanes) is 1. The van der Waals surface area contributed by atoms with Crippen molar-refractivity contribution >= 4 is 11.4 Å². The molecule has 0 saturated heterocycles. The molecule has 1 aromatic rings. The normalized spacial score (nSPS) is 11.5. The second kappa shape index (κ2) is 9.57. The molecule has 0 spiro atoms. The molecule has 0 aliphatic rings. The summed E-state index contributed by atoms with van der Waals surface area (Å²) in [7, 11) is 0. The van der Waals surface area contributed by atoms with E-state index >= 15 is 0 Å². The Kier molecular flexibility index (Phi) is 8.10. The highest BCUT2D eigenvalue weighted by Crippen LogP contribution is 2.24. The van der Waals surface area contributed by atoms with E-state index in [-0.39, 0.29) is 0 Å². The fourth-order valence-corrected chi connectivity index (χ4v) is 2.56. The van der Waals surface area contributed by atoms with Crippen molar-refractivity contribution in [3.8, 4) is 5.75 Å². The van der Waals surface area contributed by atoms with Gasteiger partial charge in [-0.1, -0.05) is 13.3 Å². The van der Waals surface area contributed by atoms with Crippen molar-refractivity contribution in [3.63, 3.8) is 0 Å². The number of ether oxygens (including phenoxy) is 1. The average molecular weight is 307 g/mol. The lowest BCUT2D eigenvalue weighted by atomic mass is 10.2. The number of nitrogens with two attached hydrogens (primary N) is 1. The maximum absolute atomic E-state index is 6.00. The number of rotatable bonds is 10. The average Bonchev–Trinajstić information content (AvgIpc) is 2.45. The predicted octanol–water partition coefficient (Wildman–Crippen LogP) is 3.98. The third kappa shape index (κ3) is 6.14. The summed E-state index contributed by atoms with van der Waals surface area (Å²) in [4.78, 5) is 2.43. The third-order valence-corrected chi connectivity index (χ3v) is 3.82. The van der Waals surface area contributed by atoms with Crippen LogP contribution in [0.5, 0.6) is 5.75 Å². The Hall–Kier alpha value is -1.42. The van der Waals surface area contributed by atoms with Crippen LogP contribution in [0.25, 0.3) is 0 Å². The second-order valence-corrected chi connectivity index (χ2v) is 6.30. The summed E-state index contributed by atoms with van der Waals surface area (Å²) in [5, 5.41) is 3.37. The summed E-state index contributed by atoms with van der Waals surface area (Å²) in [5.74, 6) is 0.876. The van der Waals surface area contributed by atoms with Crippen LogP contribution in [0.15, 0.2) is 18.2 Å². The molecule has 1 aromatic carbocycles. The number of nitrogen functional groups attached to an aromatic ring is 1. The van der Waals surface area contributed by atoms with Gasteiger partial charge in [-0.2, -0.15) is 0 Å². The quantitative estimate of drug-likeness (QED) is 0.507. The van der Waals surface area contributed by atoms with Gasteiger partial charge in [0.15, 0.2) is 0 Å². The largest absolute Gasteiger partial charge is 0.492 e.